The van der Waals surface area contributed by atoms with Crippen LogP contribution < -0.4 is 5.32 Å². The minimum absolute atomic E-state index is 0.0532. The Hall–Kier alpha value is -0.220. The van der Waals surface area contributed by atoms with E-state index in [2.05, 4.69) is 5.32 Å². The summed E-state index contributed by atoms with van der Waals surface area (Å²) >= 11 is 2.04. The fourth-order valence-electron chi connectivity index (χ4n) is 1.75. The van der Waals surface area contributed by atoms with E-state index in [1.807, 2.05) is 18.7 Å². The second-order valence-electron chi connectivity index (χ2n) is 4.35. The van der Waals surface area contributed by atoms with Gasteiger partial charge in [0.05, 0.1) is 6.04 Å². The van der Waals surface area contributed by atoms with E-state index in [1.54, 1.807) is 19.0 Å². The van der Waals surface area contributed by atoms with E-state index in [4.69, 9.17) is 0 Å². The summed E-state index contributed by atoms with van der Waals surface area (Å²) in [5.74, 6) is 1.44. The van der Waals surface area contributed by atoms with Gasteiger partial charge in [0, 0.05) is 25.9 Å². The largest absolute Gasteiger partial charge is 0.347 e. The summed E-state index contributed by atoms with van der Waals surface area (Å²) in [6, 6.07) is -0.0532. The van der Waals surface area contributed by atoms with Gasteiger partial charge in [0.15, 0.2) is 0 Å². The number of hydrogen-bond donors (Lipinski definition) is 1. The average Bonchev–Trinajstić information content (AvgIpc) is 2.26. The molecular weight excluding hydrogens is 208 g/mol. The maximum Gasteiger partial charge on any atom is 0.238 e. The van der Waals surface area contributed by atoms with Crippen molar-refractivity contribution in [2.24, 2.45) is 0 Å². The molecule has 2 unspecified atom stereocenters. The van der Waals surface area contributed by atoms with Crippen molar-refractivity contribution in [3.63, 3.8) is 0 Å². The molecule has 2 atom stereocenters. The Morgan fingerprint density at radius 1 is 1.53 bits per heavy atom. The summed E-state index contributed by atoms with van der Waals surface area (Å²) in [6.45, 7) is 2.90. The predicted octanol–water partition coefficient (Wildman–Crippen LogP) is 1.34. The van der Waals surface area contributed by atoms with Crippen molar-refractivity contribution in [2.75, 3.05) is 26.4 Å². The maximum atomic E-state index is 11.6. The van der Waals surface area contributed by atoms with Gasteiger partial charge >= 0.3 is 0 Å². The maximum absolute atomic E-state index is 11.6. The first-order valence-electron chi connectivity index (χ1n) is 5.67. The second kappa shape index (κ2) is 6.38. The van der Waals surface area contributed by atoms with Gasteiger partial charge in [0.25, 0.3) is 0 Å². The van der Waals surface area contributed by atoms with Crippen LogP contribution in [0.1, 0.15) is 26.2 Å². The van der Waals surface area contributed by atoms with Crippen LogP contribution in [0.5, 0.6) is 0 Å². The smallest absolute Gasteiger partial charge is 0.238 e. The van der Waals surface area contributed by atoms with Crippen molar-refractivity contribution in [3.8, 4) is 0 Å². The number of carbonyl (C=O) groups is 1. The topological polar surface area (TPSA) is 32.3 Å². The molecule has 0 saturated carbocycles. The van der Waals surface area contributed by atoms with Crippen molar-refractivity contribution >= 4 is 17.7 Å². The van der Waals surface area contributed by atoms with Crippen LogP contribution in [-0.2, 0) is 4.79 Å². The Kier molecular flexibility index (Phi) is 5.47. The molecule has 1 saturated heterocycles. The number of hydrogen-bond acceptors (Lipinski definition) is 3. The van der Waals surface area contributed by atoms with Gasteiger partial charge in [-0.05, 0) is 25.5 Å². The summed E-state index contributed by atoms with van der Waals surface area (Å²) in [7, 11) is 3.60. The standard InChI is InChI=1S/C11H22N2OS/c1-9(11(14)13(2)3)12-8-10-6-4-5-7-15-10/h9-10,12H,4-8H2,1-3H3. The van der Waals surface area contributed by atoms with E-state index in [0.29, 0.717) is 5.25 Å². The molecule has 15 heavy (non-hydrogen) atoms. The van der Waals surface area contributed by atoms with E-state index in [0.717, 1.165) is 6.54 Å². The molecule has 1 N–H and O–H groups in total. The summed E-state index contributed by atoms with van der Waals surface area (Å²) < 4.78 is 0. The van der Waals surface area contributed by atoms with Crippen molar-refractivity contribution < 1.29 is 4.79 Å². The Morgan fingerprint density at radius 3 is 2.80 bits per heavy atom. The zero-order valence-corrected chi connectivity index (χ0v) is 10.8. The zero-order valence-electron chi connectivity index (χ0n) is 9.95. The molecule has 3 nitrogen and oxygen atoms in total. The van der Waals surface area contributed by atoms with Gasteiger partial charge in [-0.1, -0.05) is 6.42 Å². The van der Waals surface area contributed by atoms with Crippen LogP contribution in [0.2, 0.25) is 0 Å². The molecule has 1 amide bonds. The number of nitrogens with zero attached hydrogens (tertiary/aromatic N) is 1. The molecule has 88 valence electrons. The van der Waals surface area contributed by atoms with Gasteiger partial charge in [-0.2, -0.15) is 11.8 Å². The van der Waals surface area contributed by atoms with Crippen LogP contribution >= 0.6 is 11.8 Å². The lowest BCUT2D eigenvalue weighted by Gasteiger charge is -2.24. The molecule has 1 fully saturated rings. The highest BCUT2D eigenvalue weighted by atomic mass is 32.2. The van der Waals surface area contributed by atoms with E-state index in [1.165, 1.54) is 25.0 Å². The third-order valence-electron chi connectivity index (χ3n) is 2.74. The summed E-state index contributed by atoms with van der Waals surface area (Å²) in [5.41, 5.74) is 0. The summed E-state index contributed by atoms with van der Waals surface area (Å²) in [4.78, 5) is 13.2. The molecule has 1 rings (SSSR count). The average molecular weight is 230 g/mol. The van der Waals surface area contributed by atoms with Crippen LogP contribution in [0, 0.1) is 0 Å². The first kappa shape index (κ1) is 12.8. The minimum atomic E-state index is -0.0532. The quantitative estimate of drug-likeness (QED) is 0.791. The first-order valence-corrected chi connectivity index (χ1v) is 6.72. The molecule has 0 aromatic rings. The van der Waals surface area contributed by atoms with E-state index >= 15 is 0 Å². The molecule has 0 aliphatic carbocycles. The fourth-order valence-corrected chi connectivity index (χ4v) is 3.00. The number of rotatable bonds is 4. The number of carbonyl (C=O) groups excluding carboxylic acids is 1. The molecule has 1 heterocycles. The number of nitrogens with one attached hydrogen (secondary N) is 1. The normalized spacial score (nSPS) is 23.5. The van der Waals surface area contributed by atoms with Crippen LogP contribution in [0.15, 0.2) is 0 Å². The Balaban J connectivity index is 2.20. The molecule has 4 heteroatoms. The lowest BCUT2D eigenvalue weighted by molar-refractivity contribution is -0.130. The third-order valence-corrected chi connectivity index (χ3v) is 4.14. The van der Waals surface area contributed by atoms with E-state index in [-0.39, 0.29) is 11.9 Å². The molecule has 0 aromatic carbocycles. The monoisotopic (exact) mass is 230 g/mol. The van der Waals surface area contributed by atoms with Crippen LogP contribution in [0.4, 0.5) is 0 Å². The molecule has 0 spiro atoms. The van der Waals surface area contributed by atoms with Gasteiger partial charge in [-0.15, -0.1) is 0 Å². The molecule has 0 bridgehead atoms. The summed E-state index contributed by atoms with van der Waals surface area (Å²) in [6.07, 6.45) is 3.99. The second-order valence-corrected chi connectivity index (χ2v) is 5.76. The van der Waals surface area contributed by atoms with Crippen LogP contribution in [0.3, 0.4) is 0 Å². The van der Waals surface area contributed by atoms with Crippen LogP contribution in [-0.4, -0.2) is 48.5 Å². The molecule has 1 aliphatic heterocycles. The van der Waals surface area contributed by atoms with Gasteiger partial charge in [-0.3, -0.25) is 4.79 Å². The SMILES string of the molecule is CC(NCC1CCCCS1)C(=O)N(C)C. The third kappa shape index (κ3) is 4.43. The first-order chi connectivity index (χ1) is 7.11. The van der Waals surface area contributed by atoms with Gasteiger partial charge in [0.1, 0.15) is 0 Å². The Bertz CT molecular complexity index is 203. The number of amides is 1. The Morgan fingerprint density at radius 2 is 2.27 bits per heavy atom. The molecular formula is C11H22N2OS. The predicted molar refractivity (Wildman–Crippen MR) is 66.3 cm³/mol. The van der Waals surface area contributed by atoms with E-state index < -0.39 is 0 Å². The number of likely N-dealkylation sites (N-methyl/N-ethyl adjacent to an activating group) is 1. The van der Waals surface area contributed by atoms with Crippen molar-refractivity contribution in [3.05, 3.63) is 0 Å². The molecule has 0 aromatic heterocycles. The van der Waals surface area contributed by atoms with Gasteiger partial charge < -0.3 is 10.2 Å². The van der Waals surface area contributed by atoms with Crippen LogP contribution in [0.25, 0.3) is 0 Å². The lowest BCUT2D eigenvalue weighted by Crippen LogP contribution is -2.44. The van der Waals surface area contributed by atoms with E-state index in [9.17, 15) is 4.79 Å². The van der Waals surface area contributed by atoms with Crippen molar-refractivity contribution in [1.82, 2.24) is 10.2 Å². The highest BCUT2D eigenvalue weighted by Gasteiger charge is 2.18. The molecule has 1 aliphatic rings. The minimum Gasteiger partial charge on any atom is -0.347 e. The fraction of sp³-hybridized carbons (Fsp3) is 0.909. The van der Waals surface area contributed by atoms with Crippen molar-refractivity contribution in [2.45, 2.75) is 37.5 Å². The molecule has 0 radical (unpaired) electrons. The van der Waals surface area contributed by atoms with Gasteiger partial charge in [-0.25, -0.2) is 0 Å². The zero-order chi connectivity index (χ0) is 11.3. The van der Waals surface area contributed by atoms with Crippen molar-refractivity contribution in [1.29, 1.82) is 0 Å². The van der Waals surface area contributed by atoms with Gasteiger partial charge in [0.2, 0.25) is 5.91 Å². The highest BCUT2D eigenvalue weighted by molar-refractivity contribution is 7.99. The summed E-state index contributed by atoms with van der Waals surface area (Å²) in [5, 5.41) is 4.03. The Labute approximate surface area is 97.0 Å². The lowest BCUT2D eigenvalue weighted by atomic mass is 10.2. The number of thioether (sulfide) groups is 1. The highest BCUT2D eigenvalue weighted by Crippen LogP contribution is 2.24.